The third kappa shape index (κ3) is 5.39. The molecule has 2 aromatic rings. The Bertz CT molecular complexity index is 823. The van der Waals surface area contributed by atoms with Crippen LogP contribution >= 0.6 is 0 Å². The number of carbonyl (C=O) groups excluding carboxylic acids is 2. The predicted molar refractivity (Wildman–Crippen MR) is 105 cm³/mol. The summed E-state index contributed by atoms with van der Waals surface area (Å²) >= 11 is 0. The number of rotatable bonds is 5. The molecule has 5 heteroatoms. The molecule has 2 aromatic carbocycles. The summed E-state index contributed by atoms with van der Waals surface area (Å²) in [7, 11) is 0. The standard InChI is InChI=1S/C22H22N2O3/c25-21(19-11-5-2-6-12-19)23-20(22(26)24-14-16-27-17-15-24)13-7-10-18-8-3-1-4-9-18/h1-13H,14-17H2,(H,23,25). The number of nitrogens with zero attached hydrogens (tertiary/aromatic N) is 1. The van der Waals surface area contributed by atoms with Crippen molar-refractivity contribution in [1.82, 2.24) is 10.2 Å². The van der Waals surface area contributed by atoms with Gasteiger partial charge in [0, 0.05) is 18.7 Å². The van der Waals surface area contributed by atoms with Crippen molar-refractivity contribution in [3.8, 4) is 0 Å². The summed E-state index contributed by atoms with van der Waals surface area (Å²) < 4.78 is 5.30. The Morgan fingerprint density at radius 3 is 2.22 bits per heavy atom. The molecule has 0 spiro atoms. The second-order valence-electron chi connectivity index (χ2n) is 6.07. The molecule has 3 rings (SSSR count). The van der Waals surface area contributed by atoms with E-state index in [0.717, 1.165) is 5.56 Å². The maximum atomic E-state index is 12.9. The van der Waals surface area contributed by atoms with Gasteiger partial charge in [-0.25, -0.2) is 0 Å². The van der Waals surface area contributed by atoms with E-state index in [-0.39, 0.29) is 17.5 Å². The van der Waals surface area contributed by atoms with Gasteiger partial charge in [-0.1, -0.05) is 60.7 Å². The molecule has 0 aliphatic carbocycles. The highest BCUT2D eigenvalue weighted by molar-refractivity contribution is 6.03. The lowest BCUT2D eigenvalue weighted by molar-refractivity contribution is -0.131. The smallest absolute Gasteiger partial charge is 0.270 e. The molecule has 0 atom stereocenters. The number of benzene rings is 2. The van der Waals surface area contributed by atoms with Crippen LogP contribution in [0.25, 0.3) is 6.08 Å². The number of morpholine rings is 1. The summed E-state index contributed by atoms with van der Waals surface area (Å²) in [5, 5.41) is 2.76. The van der Waals surface area contributed by atoms with Gasteiger partial charge in [0.1, 0.15) is 5.70 Å². The van der Waals surface area contributed by atoms with Gasteiger partial charge in [-0.05, 0) is 23.8 Å². The summed E-state index contributed by atoms with van der Waals surface area (Å²) in [5.41, 5.74) is 1.77. The molecule has 1 aliphatic heterocycles. The number of amides is 2. The molecule has 1 N–H and O–H groups in total. The lowest BCUT2D eigenvalue weighted by Crippen LogP contribution is -2.44. The van der Waals surface area contributed by atoms with Crippen LogP contribution < -0.4 is 5.32 Å². The van der Waals surface area contributed by atoms with Gasteiger partial charge in [0.2, 0.25) is 0 Å². The quantitative estimate of drug-likeness (QED) is 0.657. The molecule has 0 unspecified atom stereocenters. The van der Waals surface area contributed by atoms with Gasteiger partial charge in [-0.2, -0.15) is 0 Å². The van der Waals surface area contributed by atoms with E-state index in [9.17, 15) is 9.59 Å². The zero-order valence-electron chi connectivity index (χ0n) is 15.0. The van der Waals surface area contributed by atoms with E-state index in [1.807, 2.05) is 42.5 Å². The zero-order chi connectivity index (χ0) is 18.9. The van der Waals surface area contributed by atoms with Gasteiger partial charge in [0.05, 0.1) is 13.2 Å². The molecule has 0 saturated carbocycles. The van der Waals surface area contributed by atoms with Crippen LogP contribution in [0.5, 0.6) is 0 Å². The topological polar surface area (TPSA) is 58.6 Å². The molecule has 0 aromatic heterocycles. The van der Waals surface area contributed by atoms with Gasteiger partial charge in [-0.3, -0.25) is 9.59 Å². The molecule has 0 bridgehead atoms. The molecule has 1 aliphatic rings. The molecule has 2 amide bonds. The third-order valence-electron chi connectivity index (χ3n) is 4.16. The largest absolute Gasteiger partial charge is 0.378 e. The van der Waals surface area contributed by atoms with Crippen LogP contribution in [0.1, 0.15) is 15.9 Å². The molecule has 1 fully saturated rings. The van der Waals surface area contributed by atoms with Gasteiger partial charge in [0.25, 0.3) is 11.8 Å². The highest BCUT2D eigenvalue weighted by Gasteiger charge is 2.22. The first-order valence-electron chi connectivity index (χ1n) is 8.91. The predicted octanol–water partition coefficient (Wildman–Crippen LogP) is 2.87. The van der Waals surface area contributed by atoms with Gasteiger partial charge >= 0.3 is 0 Å². The van der Waals surface area contributed by atoms with Gasteiger partial charge < -0.3 is 15.0 Å². The number of hydrogen-bond acceptors (Lipinski definition) is 3. The van der Waals surface area contributed by atoms with Crippen LogP contribution in [0.2, 0.25) is 0 Å². The van der Waals surface area contributed by atoms with Gasteiger partial charge in [-0.15, -0.1) is 0 Å². The van der Waals surface area contributed by atoms with Crippen molar-refractivity contribution < 1.29 is 14.3 Å². The Balaban J connectivity index is 1.79. The van der Waals surface area contributed by atoms with Crippen LogP contribution in [0, 0.1) is 0 Å². The summed E-state index contributed by atoms with van der Waals surface area (Å²) in [6.45, 7) is 2.04. The summed E-state index contributed by atoms with van der Waals surface area (Å²) in [6.07, 6.45) is 5.31. The monoisotopic (exact) mass is 362 g/mol. The zero-order valence-corrected chi connectivity index (χ0v) is 15.0. The fraction of sp³-hybridized carbons (Fsp3) is 0.182. The van der Waals surface area contributed by atoms with E-state index >= 15 is 0 Å². The van der Waals surface area contributed by atoms with E-state index in [0.29, 0.717) is 31.9 Å². The van der Waals surface area contributed by atoms with Crippen molar-refractivity contribution in [2.75, 3.05) is 26.3 Å². The molecular weight excluding hydrogens is 340 g/mol. The minimum Gasteiger partial charge on any atom is -0.378 e. The fourth-order valence-corrected chi connectivity index (χ4v) is 2.71. The molecule has 0 radical (unpaired) electrons. The Morgan fingerprint density at radius 2 is 1.56 bits per heavy atom. The van der Waals surface area contributed by atoms with Crippen LogP contribution in [0.15, 0.2) is 78.5 Å². The number of allylic oxidation sites excluding steroid dienone is 2. The first-order valence-corrected chi connectivity index (χ1v) is 8.91. The molecule has 5 nitrogen and oxygen atoms in total. The van der Waals surface area contributed by atoms with Crippen molar-refractivity contribution in [3.63, 3.8) is 0 Å². The molecular formula is C22H22N2O3. The minimum atomic E-state index is -0.309. The third-order valence-corrected chi connectivity index (χ3v) is 4.16. The number of carbonyl (C=O) groups is 2. The Labute approximate surface area is 158 Å². The normalized spacial score (nSPS) is 15.0. The number of ether oxygens (including phenoxy) is 1. The van der Waals surface area contributed by atoms with Gasteiger partial charge in [0.15, 0.2) is 0 Å². The fourth-order valence-electron chi connectivity index (χ4n) is 2.71. The first kappa shape index (κ1) is 18.6. The van der Waals surface area contributed by atoms with Crippen molar-refractivity contribution in [1.29, 1.82) is 0 Å². The molecule has 1 heterocycles. The van der Waals surface area contributed by atoms with E-state index in [1.54, 1.807) is 41.3 Å². The van der Waals surface area contributed by atoms with E-state index in [1.165, 1.54) is 0 Å². The van der Waals surface area contributed by atoms with Crippen LogP contribution in [-0.2, 0) is 9.53 Å². The SMILES string of the molecule is O=C(NC(=CC=Cc1ccccc1)C(=O)N1CCOCC1)c1ccccc1. The summed E-state index contributed by atoms with van der Waals surface area (Å²) in [4.78, 5) is 27.1. The summed E-state index contributed by atoms with van der Waals surface area (Å²) in [6, 6.07) is 18.6. The van der Waals surface area contributed by atoms with Crippen molar-refractivity contribution in [2.24, 2.45) is 0 Å². The Hall–Kier alpha value is -3.18. The van der Waals surface area contributed by atoms with Crippen molar-refractivity contribution >= 4 is 17.9 Å². The Morgan fingerprint density at radius 1 is 0.926 bits per heavy atom. The minimum absolute atomic E-state index is 0.208. The average Bonchev–Trinajstić information content (AvgIpc) is 2.74. The van der Waals surface area contributed by atoms with Crippen LogP contribution in [0.3, 0.4) is 0 Å². The van der Waals surface area contributed by atoms with Crippen molar-refractivity contribution in [2.45, 2.75) is 0 Å². The van der Waals surface area contributed by atoms with E-state index < -0.39 is 0 Å². The number of hydrogen-bond donors (Lipinski definition) is 1. The molecule has 138 valence electrons. The van der Waals surface area contributed by atoms with Crippen LogP contribution in [-0.4, -0.2) is 43.0 Å². The molecule has 1 saturated heterocycles. The van der Waals surface area contributed by atoms with E-state index in [4.69, 9.17) is 4.74 Å². The van der Waals surface area contributed by atoms with Crippen molar-refractivity contribution in [3.05, 3.63) is 89.6 Å². The maximum Gasteiger partial charge on any atom is 0.270 e. The van der Waals surface area contributed by atoms with Crippen LogP contribution in [0.4, 0.5) is 0 Å². The lowest BCUT2D eigenvalue weighted by atomic mass is 10.2. The second-order valence-corrected chi connectivity index (χ2v) is 6.07. The first-order chi connectivity index (χ1) is 13.2. The maximum absolute atomic E-state index is 12.9. The highest BCUT2D eigenvalue weighted by Crippen LogP contribution is 2.08. The highest BCUT2D eigenvalue weighted by atomic mass is 16.5. The average molecular weight is 362 g/mol. The lowest BCUT2D eigenvalue weighted by Gasteiger charge is -2.27. The second kappa shape index (κ2) is 9.50. The Kier molecular flexibility index (Phi) is 6.55. The molecule has 27 heavy (non-hydrogen) atoms. The summed E-state index contributed by atoms with van der Waals surface area (Å²) in [5.74, 6) is -0.517. The number of nitrogens with one attached hydrogen (secondary N) is 1. The van der Waals surface area contributed by atoms with E-state index in [2.05, 4.69) is 5.32 Å².